The number of fused-ring (bicyclic) bond motifs is 1. The third-order valence-corrected chi connectivity index (χ3v) is 7.42. The Hall–Kier alpha value is -4.57. The van der Waals surface area contributed by atoms with Crippen LogP contribution in [0.3, 0.4) is 0 Å². The van der Waals surface area contributed by atoms with Gasteiger partial charge in [0.25, 0.3) is 5.56 Å². The van der Waals surface area contributed by atoms with Gasteiger partial charge in [-0.1, -0.05) is 35.6 Å². The average molecular weight is 547 g/mol. The van der Waals surface area contributed by atoms with Crippen LogP contribution in [0.2, 0.25) is 0 Å². The van der Waals surface area contributed by atoms with Gasteiger partial charge in [-0.2, -0.15) is 0 Å². The van der Waals surface area contributed by atoms with Crippen molar-refractivity contribution >= 4 is 29.4 Å². The zero-order chi connectivity index (χ0) is 27.8. The highest BCUT2D eigenvalue weighted by Crippen LogP contribution is 2.31. The molecular formula is C29H23FN2O6S. The van der Waals surface area contributed by atoms with Crippen LogP contribution in [0.15, 0.2) is 80.1 Å². The van der Waals surface area contributed by atoms with Gasteiger partial charge < -0.3 is 14.3 Å². The Morgan fingerprint density at radius 3 is 2.59 bits per heavy atom. The smallest absolute Gasteiger partial charge is 0.338 e. The van der Waals surface area contributed by atoms with Crippen molar-refractivity contribution < 1.29 is 28.2 Å². The van der Waals surface area contributed by atoms with E-state index in [1.54, 1.807) is 51.1 Å². The molecular weight excluding hydrogens is 523 g/mol. The number of aromatic nitrogens is 1. The number of nitrogens with zero attached hydrogens (tertiary/aromatic N) is 2. The molecule has 0 saturated carbocycles. The van der Waals surface area contributed by atoms with Gasteiger partial charge in [0.1, 0.15) is 17.3 Å². The Labute approximate surface area is 225 Å². The normalized spacial score (nSPS) is 15.2. The predicted molar refractivity (Wildman–Crippen MR) is 143 cm³/mol. The first kappa shape index (κ1) is 26.1. The Morgan fingerprint density at radius 2 is 1.90 bits per heavy atom. The van der Waals surface area contributed by atoms with Crippen molar-refractivity contribution in [3.05, 3.63) is 114 Å². The number of thiazole rings is 1. The monoisotopic (exact) mass is 546 g/mol. The van der Waals surface area contributed by atoms with Crippen molar-refractivity contribution in [3.8, 4) is 11.3 Å². The van der Waals surface area contributed by atoms with E-state index in [0.29, 0.717) is 43.2 Å². The van der Waals surface area contributed by atoms with Crippen molar-refractivity contribution in [2.45, 2.75) is 26.8 Å². The number of esters is 1. The summed E-state index contributed by atoms with van der Waals surface area (Å²) < 4.78 is 26.7. The van der Waals surface area contributed by atoms with E-state index in [4.69, 9.17) is 9.15 Å². The number of furan rings is 1. The molecule has 0 radical (unpaired) electrons. The number of carbonyl (C=O) groups excluding carboxylic acids is 1. The number of ether oxygens (including phenoxy) is 1. The summed E-state index contributed by atoms with van der Waals surface area (Å²) in [5.41, 5.74) is 2.11. The summed E-state index contributed by atoms with van der Waals surface area (Å²) in [5.74, 6) is -1.23. The van der Waals surface area contributed by atoms with Crippen LogP contribution in [0.4, 0.5) is 4.39 Å². The van der Waals surface area contributed by atoms with Gasteiger partial charge >= 0.3 is 11.9 Å². The summed E-state index contributed by atoms with van der Waals surface area (Å²) in [7, 11) is 0. The van der Waals surface area contributed by atoms with Crippen LogP contribution in [-0.2, 0) is 9.53 Å². The molecule has 0 spiro atoms. The Bertz CT molecular complexity index is 1830. The minimum absolute atomic E-state index is 0.145. The molecule has 198 valence electrons. The Kier molecular flexibility index (Phi) is 6.88. The number of carboxylic acids is 1. The van der Waals surface area contributed by atoms with Crippen molar-refractivity contribution in [2.75, 3.05) is 6.61 Å². The molecule has 0 fully saturated rings. The molecule has 1 aliphatic rings. The van der Waals surface area contributed by atoms with Gasteiger partial charge in [0, 0.05) is 11.6 Å². The summed E-state index contributed by atoms with van der Waals surface area (Å²) in [6.45, 7) is 5.21. The van der Waals surface area contributed by atoms with E-state index in [-0.39, 0.29) is 17.7 Å². The van der Waals surface area contributed by atoms with Gasteiger partial charge in [0.15, 0.2) is 4.80 Å². The maximum Gasteiger partial charge on any atom is 0.338 e. The Balaban J connectivity index is 1.63. The van der Waals surface area contributed by atoms with Crippen molar-refractivity contribution in [3.63, 3.8) is 0 Å². The highest BCUT2D eigenvalue weighted by Gasteiger charge is 2.33. The number of allylic oxidation sites excluding steroid dienone is 1. The quantitative estimate of drug-likeness (QED) is 0.363. The maximum atomic E-state index is 13.7. The van der Waals surface area contributed by atoms with Crippen LogP contribution in [0.5, 0.6) is 0 Å². The van der Waals surface area contributed by atoms with Gasteiger partial charge in [0.2, 0.25) is 0 Å². The highest BCUT2D eigenvalue weighted by molar-refractivity contribution is 7.07. The molecule has 10 heteroatoms. The third kappa shape index (κ3) is 4.74. The number of halogens is 1. The summed E-state index contributed by atoms with van der Waals surface area (Å²) in [4.78, 5) is 43.0. The standard InChI is InChI=1S/C29H23FN2O6S/c1-4-37-28(36)24-16(3)31-29-32(25(24)17-8-10-18(30)11-9-17)26(33)23(39-29)14-19-12-13-22(38-19)20-6-5-7-21(15(20)2)27(34)35/h5-14,25H,4H2,1-3H3,(H,34,35)/b23-14+/t25-/m1/s1. The van der Waals surface area contributed by atoms with Crippen LogP contribution in [0.1, 0.15) is 47.1 Å². The molecule has 1 aliphatic heterocycles. The van der Waals surface area contributed by atoms with Crippen LogP contribution in [-0.4, -0.2) is 28.2 Å². The van der Waals surface area contributed by atoms with E-state index in [9.17, 15) is 23.9 Å². The van der Waals surface area contributed by atoms with E-state index in [0.717, 1.165) is 11.3 Å². The first-order chi connectivity index (χ1) is 18.7. The largest absolute Gasteiger partial charge is 0.478 e. The highest BCUT2D eigenvalue weighted by atomic mass is 32.1. The molecule has 3 heterocycles. The van der Waals surface area contributed by atoms with E-state index in [2.05, 4.69) is 4.99 Å². The molecule has 0 saturated heterocycles. The summed E-state index contributed by atoms with van der Waals surface area (Å²) >= 11 is 1.13. The lowest BCUT2D eigenvalue weighted by Gasteiger charge is -2.24. The van der Waals surface area contributed by atoms with Crippen molar-refractivity contribution in [1.29, 1.82) is 0 Å². The summed E-state index contributed by atoms with van der Waals surface area (Å²) in [6.07, 6.45) is 1.58. The molecule has 1 atom stereocenters. The lowest BCUT2D eigenvalue weighted by Crippen LogP contribution is -2.39. The first-order valence-electron chi connectivity index (χ1n) is 12.1. The van der Waals surface area contributed by atoms with Crippen molar-refractivity contribution in [2.24, 2.45) is 4.99 Å². The number of carboxylic acid groups (broad SMARTS) is 1. The zero-order valence-electron chi connectivity index (χ0n) is 21.2. The van der Waals surface area contributed by atoms with Gasteiger partial charge in [-0.05, 0) is 62.2 Å². The lowest BCUT2D eigenvalue weighted by atomic mass is 9.96. The Morgan fingerprint density at radius 1 is 1.15 bits per heavy atom. The molecule has 4 aromatic rings. The second kappa shape index (κ2) is 10.3. The van der Waals surface area contributed by atoms with Gasteiger partial charge in [-0.25, -0.2) is 19.0 Å². The second-order valence-corrected chi connectivity index (χ2v) is 9.85. The molecule has 2 aromatic carbocycles. The molecule has 0 unspecified atom stereocenters. The fourth-order valence-corrected chi connectivity index (χ4v) is 5.62. The second-order valence-electron chi connectivity index (χ2n) is 8.84. The SMILES string of the molecule is CCOC(=O)C1=C(C)N=c2s/c(=C/c3ccc(-c4cccc(C(=O)O)c4C)o3)c(=O)n2[C@@H]1c1ccc(F)cc1. The zero-order valence-corrected chi connectivity index (χ0v) is 22.0. The molecule has 39 heavy (non-hydrogen) atoms. The van der Waals surface area contributed by atoms with E-state index in [1.165, 1.54) is 34.9 Å². The number of hydrogen-bond donors (Lipinski definition) is 1. The number of benzene rings is 2. The molecule has 5 rings (SSSR count). The van der Waals surface area contributed by atoms with Crippen LogP contribution in [0, 0.1) is 12.7 Å². The van der Waals surface area contributed by atoms with Crippen LogP contribution >= 0.6 is 11.3 Å². The first-order valence-corrected chi connectivity index (χ1v) is 12.9. The van der Waals surface area contributed by atoms with Gasteiger partial charge in [-0.3, -0.25) is 9.36 Å². The van der Waals surface area contributed by atoms with E-state index < -0.39 is 29.4 Å². The molecule has 0 bridgehead atoms. The number of aromatic carboxylic acids is 1. The topological polar surface area (TPSA) is 111 Å². The molecule has 8 nitrogen and oxygen atoms in total. The number of hydrogen-bond acceptors (Lipinski definition) is 7. The van der Waals surface area contributed by atoms with E-state index in [1.807, 2.05) is 0 Å². The minimum atomic E-state index is -1.03. The molecule has 0 amide bonds. The van der Waals surface area contributed by atoms with Crippen LogP contribution < -0.4 is 14.9 Å². The number of rotatable bonds is 6. The summed E-state index contributed by atoms with van der Waals surface area (Å²) in [5, 5.41) is 9.43. The minimum Gasteiger partial charge on any atom is -0.478 e. The number of carbonyl (C=O) groups is 2. The molecule has 2 aromatic heterocycles. The maximum absolute atomic E-state index is 13.7. The fourth-order valence-electron chi connectivity index (χ4n) is 4.59. The van der Waals surface area contributed by atoms with Crippen LogP contribution in [0.25, 0.3) is 17.4 Å². The van der Waals surface area contributed by atoms with Gasteiger partial charge in [0.05, 0.1) is 34.0 Å². The van der Waals surface area contributed by atoms with Crippen molar-refractivity contribution in [1.82, 2.24) is 4.57 Å². The predicted octanol–water partition coefficient (Wildman–Crippen LogP) is 4.20. The fraction of sp³-hybridized carbons (Fsp3) is 0.172. The molecule has 0 aliphatic carbocycles. The van der Waals surface area contributed by atoms with E-state index >= 15 is 0 Å². The average Bonchev–Trinajstić information content (AvgIpc) is 3.48. The third-order valence-electron chi connectivity index (χ3n) is 6.43. The summed E-state index contributed by atoms with van der Waals surface area (Å²) in [6, 6.07) is 13.1. The van der Waals surface area contributed by atoms with Gasteiger partial charge in [-0.15, -0.1) is 0 Å². The lowest BCUT2D eigenvalue weighted by molar-refractivity contribution is -0.139. The molecule has 1 N–H and O–H groups in total.